The molecule has 0 unspecified atom stereocenters. The fourth-order valence-corrected chi connectivity index (χ4v) is 2.96. The number of aryl methyl sites for hydroxylation is 1. The number of hydrogen-bond acceptors (Lipinski definition) is 5. The third kappa shape index (κ3) is 4.99. The molecule has 3 N–H and O–H groups in total. The number of benzene rings is 1. The maximum absolute atomic E-state index is 12.3. The van der Waals surface area contributed by atoms with E-state index in [2.05, 4.69) is 29.4 Å². The Hall–Kier alpha value is -2.02. The molecule has 0 aliphatic carbocycles. The molecule has 0 spiro atoms. The van der Waals surface area contributed by atoms with Crippen molar-refractivity contribution in [1.82, 2.24) is 20.2 Å². The van der Waals surface area contributed by atoms with Crippen LogP contribution in [0.25, 0.3) is 0 Å². The summed E-state index contributed by atoms with van der Waals surface area (Å²) in [5.41, 5.74) is 1.12. The van der Waals surface area contributed by atoms with Gasteiger partial charge in [0.25, 0.3) is 0 Å². The van der Waals surface area contributed by atoms with Crippen LogP contribution in [0.3, 0.4) is 0 Å². The third-order valence-corrected chi connectivity index (χ3v) is 4.35. The smallest absolute Gasteiger partial charge is 0.230 e. The predicted octanol–water partition coefficient (Wildman–Crippen LogP) is 2.30. The molecule has 0 saturated heterocycles. The van der Waals surface area contributed by atoms with E-state index in [0.29, 0.717) is 16.9 Å². The Labute approximate surface area is 140 Å². The van der Waals surface area contributed by atoms with E-state index in [9.17, 15) is 4.79 Å². The number of nitrogens with zero attached hydrogens (tertiary/aromatic N) is 3. The molecule has 0 aliphatic heterocycles. The SMILES string of the molecule is Cc1nnc(SCC(=O)N[C@@H](CC(C)C)c2ccccc2)n1N. The van der Waals surface area contributed by atoms with Crippen LogP contribution >= 0.6 is 11.8 Å². The van der Waals surface area contributed by atoms with Crippen LogP contribution in [0.1, 0.15) is 37.7 Å². The van der Waals surface area contributed by atoms with Crippen molar-refractivity contribution >= 4 is 17.7 Å². The number of carbonyl (C=O) groups excluding carboxylic acids is 1. The van der Waals surface area contributed by atoms with Gasteiger partial charge in [0.2, 0.25) is 11.1 Å². The van der Waals surface area contributed by atoms with Crippen molar-refractivity contribution in [2.45, 2.75) is 38.4 Å². The molecule has 1 aromatic carbocycles. The lowest BCUT2D eigenvalue weighted by atomic mass is 9.97. The molecular formula is C16H23N5OS. The molecule has 0 radical (unpaired) electrons. The molecule has 0 saturated carbocycles. The van der Waals surface area contributed by atoms with Gasteiger partial charge in [-0.25, -0.2) is 4.68 Å². The van der Waals surface area contributed by atoms with Gasteiger partial charge >= 0.3 is 0 Å². The molecule has 0 fully saturated rings. The largest absolute Gasteiger partial charge is 0.349 e. The molecule has 1 atom stereocenters. The zero-order valence-electron chi connectivity index (χ0n) is 13.7. The molecule has 1 heterocycles. The van der Waals surface area contributed by atoms with E-state index < -0.39 is 0 Å². The first-order valence-corrected chi connectivity index (χ1v) is 8.60. The lowest BCUT2D eigenvalue weighted by Gasteiger charge is -2.21. The number of nitrogens with two attached hydrogens (primary N) is 1. The Morgan fingerprint density at radius 3 is 2.57 bits per heavy atom. The zero-order chi connectivity index (χ0) is 16.8. The Morgan fingerprint density at radius 1 is 1.30 bits per heavy atom. The second-order valence-electron chi connectivity index (χ2n) is 5.85. The van der Waals surface area contributed by atoms with Crippen molar-refractivity contribution in [3.8, 4) is 0 Å². The average molecular weight is 333 g/mol. The minimum Gasteiger partial charge on any atom is -0.349 e. The van der Waals surface area contributed by atoms with E-state index in [1.54, 1.807) is 6.92 Å². The Kier molecular flexibility index (Phi) is 6.04. The maximum Gasteiger partial charge on any atom is 0.230 e. The molecule has 2 aromatic rings. The summed E-state index contributed by atoms with van der Waals surface area (Å²) in [5.74, 6) is 7.12. The van der Waals surface area contributed by atoms with Crippen molar-refractivity contribution in [2.75, 3.05) is 11.6 Å². The van der Waals surface area contributed by atoms with Gasteiger partial charge in [0.15, 0.2) is 0 Å². The summed E-state index contributed by atoms with van der Waals surface area (Å²) < 4.78 is 1.39. The number of nitrogens with one attached hydrogen (secondary N) is 1. The Morgan fingerprint density at radius 2 is 2.00 bits per heavy atom. The van der Waals surface area contributed by atoms with Gasteiger partial charge in [-0.1, -0.05) is 55.9 Å². The fraction of sp³-hybridized carbons (Fsp3) is 0.438. The molecule has 0 aliphatic rings. The van der Waals surface area contributed by atoms with E-state index >= 15 is 0 Å². The topological polar surface area (TPSA) is 85.8 Å². The van der Waals surface area contributed by atoms with Gasteiger partial charge in [-0.05, 0) is 24.8 Å². The highest BCUT2D eigenvalue weighted by molar-refractivity contribution is 7.99. The lowest BCUT2D eigenvalue weighted by molar-refractivity contribution is -0.119. The molecule has 2 rings (SSSR count). The highest BCUT2D eigenvalue weighted by atomic mass is 32.2. The first-order valence-electron chi connectivity index (χ1n) is 7.61. The molecular weight excluding hydrogens is 310 g/mol. The number of amides is 1. The molecule has 6 nitrogen and oxygen atoms in total. The zero-order valence-corrected chi connectivity index (χ0v) is 14.5. The summed E-state index contributed by atoms with van der Waals surface area (Å²) in [4.78, 5) is 12.3. The molecule has 0 bridgehead atoms. The maximum atomic E-state index is 12.3. The minimum atomic E-state index is -0.0369. The van der Waals surface area contributed by atoms with Crippen LogP contribution in [0.4, 0.5) is 0 Å². The Bertz CT molecular complexity index is 641. The number of hydrogen-bond donors (Lipinski definition) is 2. The quantitative estimate of drug-likeness (QED) is 0.600. The van der Waals surface area contributed by atoms with Crippen molar-refractivity contribution in [3.63, 3.8) is 0 Å². The van der Waals surface area contributed by atoms with Gasteiger partial charge < -0.3 is 11.2 Å². The summed E-state index contributed by atoms with van der Waals surface area (Å²) in [6.07, 6.45) is 0.895. The van der Waals surface area contributed by atoms with Gasteiger partial charge in [-0.2, -0.15) is 0 Å². The van der Waals surface area contributed by atoms with Gasteiger partial charge in [0, 0.05) is 0 Å². The van der Waals surface area contributed by atoms with Crippen LogP contribution in [0.2, 0.25) is 0 Å². The van der Waals surface area contributed by atoms with Gasteiger partial charge in [-0.15, -0.1) is 10.2 Å². The molecule has 1 aromatic heterocycles. The minimum absolute atomic E-state index is 0.0155. The molecule has 7 heteroatoms. The molecule has 1 amide bonds. The number of thioether (sulfide) groups is 1. The number of aromatic nitrogens is 3. The number of rotatable bonds is 7. The van der Waals surface area contributed by atoms with Gasteiger partial charge in [0.1, 0.15) is 5.82 Å². The van der Waals surface area contributed by atoms with Crippen LogP contribution in [0.5, 0.6) is 0 Å². The normalized spacial score (nSPS) is 12.3. The summed E-state index contributed by atoms with van der Waals surface area (Å²) in [7, 11) is 0. The summed E-state index contributed by atoms with van der Waals surface area (Å²) in [6.45, 7) is 6.07. The Balaban J connectivity index is 1.96. The van der Waals surface area contributed by atoms with Crippen molar-refractivity contribution in [1.29, 1.82) is 0 Å². The van der Waals surface area contributed by atoms with Crippen LogP contribution in [-0.4, -0.2) is 26.5 Å². The summed E-state index contributed by atoms with van der Waals surface area (Å²) in [5, 5.41) is 11.5. The number of nitrogen functional groups attached to an aromatic ring is 1. The van der Waals surface area contributed by atoms with Gasteiger partial charge in [0.05, 0.1) is 11.8 Å². The standard InChI is InChI=1S/C16H23N5OS/c1-11(2)9-14(13-7-5-4-6-8-13)18-15(22)10-23-16-20-19-12(3)21(16)17/h4-8,11,14H,9-10,17H2,1-3H3,(H,18,22)/t14-/m0/s1. The first kappa shape index (κ1) is 17.3. The second kappa shape index (κ2) is 8.01. The van der Waals surface area contributed by atoms with E-state index in [4.69, 9.17) is 5.84 Å². The van der Waals surface area contributed by atoms with E-state index in [1.807, 2.05) is 30.3 Å². The van der Waals surface area contributed by atoms with Crippen LogP contribution in [0.15, 0.2) is 35.5 Å². The molecule has 124 valence electrons. The van der Waals surface area contributed by atoms with E-state index in [0.717, 1.165) is 12.0 Å². The summed E-state index contributed by atoms with van der Waals surface area (Å²) >= 11 is 1.28. The lowest BCUT2D eigenvalue weighted by Crippen LogP contribution is -2.31. The van der Waals surface area contributed by atoms with Crippen LogP contribution < -0.4 is 11.2 Å². The van der Waals surface area contributed by atoms with Gasteiger partial charge in [-0.3, -0.25) is 4.79 Å². The van der Waals surface area contributed by atoms with Crippen molar-refractivity contribution in [3.05, 3.63) is 41.7 Å². The second-order valence-corrected chi connectivity index (χ2v) is 6.79. The van der Waals surface area contributed by atoms with Crippen molar-refractivity contribution in [2.24, 2.45) is 5.92 Å². The van der Waals surface area contributed by atoms with Crippen LogP contribution in [0, 0.1) is 12.8 Å². The molecule has 23 heavy (non-hydrogen) atoms. The average Bonchev–Trinajstić information content (AvgIpc) is 2.84. The number of carbonyl (C=O) groups is 1. The van der Waals surface area contributed by atoms with Crippen molar-refractivity contribution < 1.29 is 4.79 Å². The monoisotopic (exact) mass is 333 g/mol. The first-order chi connectivity index (χ1) is 11.0. The third-order valence-electron chi connectivity index (χ3n) is 3.41. The van der Waals surface area contributed by atoms with E-state index in [-0.39, 0.29) is 17.7 Å². The highest BCUT2D eigenvalue weighted by Crippen LogP contribution is 2.22. The summed E-state index contributed by atoms with van der Waals surface area (Å²) in [6, 6.07) is 10.1. The highest BCUT2D eigenvalue weighted by Gasteiger charge is 2.17. The van der Waals surface area contributed by atoms with E-state index in [1.165, 1.54) is 16.4 Å². The van der Waals surface area contributed by atoms with Crippen LogP contribution in [-0.2, 0) is 4.79 Å². The predicted molar refractivity (Wildman–Crippen MR) is 92.4 cm³/mol. The fourth-order valence-electron chi connectivity index (χ4n) is 2.25.